The zero-order valence-corrected chi connectivity index (χ0v) is 9.28. The van der Waals surface area contributed by atoms with E-state index in [-0.39, 0.29) is 11.9 Å². The quantitative estimate of drug-likeness (QED) is 0.538. The van der Waals surface area contributed by atoms with Crippen LogP contribution in [-0.4, -0.2) is 18.0 Å². The summed E-state index contributed by atoms with van der Waals surface area (Å²) >= 11 is 0. The molecule has 1 aromatic rings. The molecule has 0 fully saturated rings. The van der Waals surface area contributed by atoms with Gasteiger partial charge in [-0.25, -0.2) is 4.79 Å². The molecule has 1 amide bonds. The Balaban J connectivity index is 2.62. The van der Waals surface area contributed by atoms with E-state index in [0.717, 1.165) is 0 Å². The summed E-state index contributed by atoms with van der Waals surface area (Å²) < 4.78 is 4.91. The van der Waals surface area contributed by atoms with Crippen LogP contribution in [0.4, 0.5) is 10.5 Å². The Hall–Kier alpha value is -2.04. The number of nitrogen functional groups attached to an aromatic ring is 1. The number of carbonyl (C=O) groups is 1. The minimum Gasteiger partial charge on any atom is -0.447 e. The van der Waals surface area contributed by atoms with E-state index >= 15 is 0 Å². The SMILES string of the molecule is CC(C)OC(=O)Nc1ccc(C(=N)N)cc1. The number of hydrogen-bond acceptors (Lipinski definition) is 3. The highest BCUT2D eigenvalue weighted by atomic mass is 16.6. The molecule has 0 aliphatic heterocycles. The van der Waals surface area contributed by atoms with Gasteiger partial charge in [0, 0.05) is 11.3 Å². The second kappa shape index (κ2) is 5.16. The summed E-state index contributed by atoms with van der Waals surface area (Å²) in [5.74, 6) is -0.00342. The van der Waals surface area contributed by atoms with Crippen molar-refractivity contribution in [2.24, 2.45) is 5.73 Å². The van der Waals surface area contributed by atoms with Crippen LogP contribution in [0.1, 0.15) is 19.4 Å². The van der Waals surface area contributed by atoms with E-state index < -0.39 is 6.09 Å². The minimum absolute atomic E-state index is 0.00342. The summed E-state index contributed by atoms with van der Waals surface area (Å²) in [6, 6.07) is 6.65. The molecule has 1 aromatic carbocycles. The zero-order chi connectivity index (χ0) is 12.1. The number of nitrogens with two attached hydrogens (primary N) is 1. The summed E-state index contributed by atoms with van der Waals surface area (Å²) in [5, 5.41) is 9.77. The van der Waals surface area contributed by atoms with Crippen LogP contribution in [0.5, 0.6) is 0 Å². The maximum Gasteiger partial charge on any atom is 0.411 e. The lowest BCUT2D eigenvalue weighted by Gasteiger charge is -2.09. The van der Waals surface area contributed by atoms with Gasteiger partial charge in [0.1, 0.15) is 5.84 Å². The number of nitrogens with one attached hydrogen (secondary N) is 2. The predicted octanol–water partition coefficient (Wildman–Crippen LogP) is 1.93. The third kappa shape index (κ3) is 3.61. The first-order valence-corrected chi connectivity index (χ1v) is 4.91. The summed E-state index contributed by atoms with van der Waals surface area (Å²) in [4.78, 5) is 11.2. The topological polar surface area (TPSA) is 88.2 Å². The first-order valence-electron chi connectivity index (χ1n) is 4.91. The van der Waals surface area contributed by atoms with Gasteiger partial charge in [-0.2, -0.15) is 0 Å². The lowest BCUT2D eigenvalue weighted by Crippen LogP contribution is -2.18. The molecule has 0 bridgehead atoms. The standard InChI is InChI=1S/C11H15N3O2/c1-7(2)16-11(15)14-9-5-3-8(4-6-9)10(12)13/h3-7H,1-2H3,(H3,12,13)(H,14,15). The predicted molar refractivity (Wildman–Crippen MR) is 62.7 cm³/mol. The van der Waals surface area contributed by atoms with Crippen molar-refractivity contribution in [3.63, 3.8) is 0 Å². The van der Waals surface area contributed by atoms with Crippen molar-refractivity contribution in [1.29, 1.82) is 5.41 Å². The summed E-state index contributed by atoms with van der Waals surface area (Å²) in [6.45, 7) is 3.55. The number of hydrogen-bond donors (Lipinski definition) is 3. The Morgan fingerprint density at radius 3 is 2.38 bits per heavy atom. The molecule has 4 N–H and O–H groups in total. The lowest BCUT2D eigenvalue weighted by atomic mass is 10.2. The Kier molecular flexibility index (Phi) is 3.88. The van der Waals surface area contributed by atoms with Crippen molar-refractivity contribution in [3.05, 3.63) is 29.8 Å². The molecule has 0 saturated heterocycles. The Labute approximate surface area is 94.1 Å². The molecule has 0 saturated carbocycles. The van der Waals surface area contributed by atoms with Crippen LogP contribution in [0.25, 0.3) is 0 Å². The molecule has 86 valence electrons. The van der Waals surface area contributed by atoms with Crippen LogP contribution < -0.4 is 11.1 Å². The number of benzene rings is 1. The van der Waals surface area contributed by atoms with E-state index in [1.165, 1.54) is 0 Å². The van der Waals surface area contributed by atoms with Crippen molar-refractivity contribution in [1.82, 2.24) is 0 Å². The number of ether oxygens (including phenoxy) is 1. The fourth-order valence-corrected chi connectivity index (χ4v) is 1.09. The number of amidine groups is 1. The van der Waals surface area contributed by atoms with Gasteiger partial charge < -0.3 is 10.5 Å². The first kappa shape index (κ1) is 12.0. The molecule has 0 aliphatic carbocycles. The van der Waals surface area contributed by atoms with Gasteiger partial charge in [-0.3, -0.25) is 10.7 Å². The third-order valence-electron chi connectivity index (χ3n) is 1.79. The molecular formula is C11H15N3O2. The van der Waals surface area contributed by atoms with E-state index in [2.05, 4.69) is 5.32 Å². The van der Waals surface area contributed by atoms with Crippen LogP contribution in [0.2, 0.25) is 0 Å². The Bertz CT molecular complexity index is 385. The molecular weight excluding hydrogens is 206 g/mol. The average Bonchev–Trinajstić information content (AvgIpc) is 2.16. The van der Waals surface area contributed by atoms with Crippen molar-refractivity contribution in [2.45, 2.75) is 20.0 Å². The number of amides is 1. The summed E-state index contributed by atoms with van der Waals surface area (Å²) in [7, 11) is 0. The molecule has 0 heterocycles. The highest BCUT2D eigenvalue weighted by Gasteiger charge is 2.05. The van der Waals surface area contributed by atoms with Gasteiger partial charge in [0.15, 0.2) is 0 Å². The lowest BCUT2D eigenvalue weighted by molar-refractivity contribution is 0.130. The first-order chi connectivity index (χ1) is 7.49. The molecule has 5 heteroatoms. The van der Waals surface area contributed by atoms with Crippen molar-refractivity contribution in [2.75, 3.05) is 5.32 Å². The number of rotatable bonds is 3. The van der Waals surface area contributed by atoms with Gasteiger partial charge >= 0.3 is 6.09 Å². The van der Waals surface area contributed by atoms with E-state index in [9.17, 15) is 4.79 Å². The van der Waals surface area contributed by atoms with Crippen LogP contribution in [-0.2, 0) is 4.74 Å². The molecule has 0 atom stereocenters. The van der Waals surface area contributed by atoms with Gasteiger partial charge in [0.05, 0.1) is 6.10 Å². The molecule has 1 rings (SSSR count). The van der Waals surface area contributed by atoms with Crippen LogP contribution in [0, 0.1) is 5.41 Å². The second-order valence-corrected chi connectivity index (χ2v) is 3.57. The highest BCUT2D eigenvalue weighted by Crippen LogP contribution is 2.09. The minimum atomic E-state index is -0.495. The van der Waals surface area contributed by atoms with E-state index in [1.807, 2.05) is 0 Å². The van der Waals surface area contributed by atoms with E-state index in [0.29, 0.717) is 11.3 Å². The van der Waals surface area contributed by atoms with Crippen molar-refractivity contribution in [3.8, 4) is 0 Å². The monoisotopic (exact) mass is 221 g/mol. The van der Waals surface area contributed by atoms with Crippen molar-refractivity contribution < 1.29 is 9.53 Å². The van der Waals surface area contributed by atoms with E-state index in [4.69, 9.17) is 15.9 Å². The fraction of sp³-hybridized carbons (Fsp3) is 0.273. The normalized spacial score (nSPS) is 9.94. The molecule has 0 aliphatic rings. The summed E-state index contributed by atoms with van der Waals surface area (Å²) in [6.07, 6.45) is -0.651. The summed E-state index contributed by atoms with van der Waals surface area (Å²) in [5.41, 5.74) is 6.52. The average molecular weight is 221 g/mol. The Morgan fingerprint density at radius 1 is 1.38 bits per heavy atom. The number of carbonyl (C=O) groups excluding carboxylic acids is 1. The van der Waals surface area contributed by atoms with Gasteiger partial charge in [-0.05, 0) is 38.1 Å². The molecule has 16 heavy (non-hydrogen) atoms. The Morgan fingerprint density at radius 2 is 1.94 bits per heavy atom. The van der Waals surface area contributed by atoms with Gasteiger partial charge in [-0.15, -0.1) is 0 Å². The zero-order valence-electron chi connectivity index (χ0n) is 9.28. The third-order valence-corrected chi connectivity index (χ3v) is 1.79. The van der Waals surface area contributed by atoms with Crippen LogP contribution in [0.3, 0.4) is 0 Å². The van der Waals surface area contributed by atoms with Gasteiger partial charge in [0.2, 0.25) is 0 Å². The maximum atomic E-state index is 11.2. The smallest absolute Gasteiger partial charge is 0.411 e. The maximum absolute atomic E-state index is 11.2. The van der Waals surface area contributed by atoms with E-state index in [1.54, 1.807) is 38.1 Å². The largest absolute Gasteiger partial charge is 0.447 e. The highest BCUT2D eigenvalue weighted by molar-refractivity contribution is 5.95. The molecule has 0 spiro atoms. The fourth-order valence-electron chi connectivity index (χ4n) is 1.09. The molecule has 0 unspecified atom stereocenters. The van der Waals surface area contributed by atoms with Crippen LogP contribution >= 0.6 is 0 Å². The number of anilines is 1. The van der Waals surface area contributed by atoms with Gasteiger partial charge in [0.25, 0.3) is 0 Å². The molecule has 0 radical (unpaired) electrons. The molecule has 5 nitrogen and oxygen atoms in total. The second-order valence-electron chi connectivity index (χ2n) is 3.57. The van der Waals surface area contributed by atoms with Gasteiger partial charge in [-0.1, -0.05) is 0 Å². The van der Waals surface area contributed by atoms with Crippen molar-refractivity contribution >= 4 is 17.6 Å². The molecule has 0 aromatic heterocycles. The van der Waals surface area contributed by atoms with Crippen LogP contribution in [0.15, 0.2) is 24.3 Å².